The van der Waals surface area contributed by atoms with Crippen molar-refractivity contribution in [3.63, 3.8) is 0 Å². The molecule has 4 atom stereocenters. The zero-order chi connectivity index (χ0) is 44.7. The van der Waals surface area contributed by atoms with Gasteiger partial charge in [0.25, 0.3) is 0 Å². The van der Waals surface area contributed by atoms with E-state index in [0.717, 1.165) is 67.4 Å². The number of hydrazine groups is 1. The Kier molecular flexibility index (Phi) is 11.3. The van der Waals surface area contributed by atoms with Gasteiger partial charge in [-0.3, -0.25) is 14.8 Å². The maximum Gasteiger partial charge on any atom is 0.429 e. The predicted octanol–water partition coefficient (Wildman–Crippen LogP) is 11.9. The number of benzene rings is 2. The third-order valence-electron chi connectivity index (χ3n) is 15.2. The van der Waals surface area contributed by atoms with Gasteiger partial charge in [-0.2, -0.15) is 0 Å². The molecule has 4 saturated heterocycles. The summed E-state index contributed by atoms with van der Waals surface area (Å²) in [6.07, 6.45) is 7.92. The second kappa shape index (κ2) is 16.2. The van der Waals surface area contributed by atoms with Crippen LogP contribution < -0.4 is 0 Å². The number of amidine groups is 1. The highest BCUT2D eigenvalue weighted by Gasteiger charge is 2.54. The predicted molar refractivity (Wildman–Crippen MR) is 246 cm³/mol. The lowest BCUT2D eigenvalue weighted by Crippen LogP contribution is -2.64. The first-order valence-electron chi connectivity index (χ1n) is 23.4. The largest absolute Gasteiger partial charge is 0.477 e. The van der Waals surface area contributed by atoms with Crippen LogP contribution in [0.2, 0.25) is 16.6 Å². The molecule has 8 nitrogen and oxygen atoms in total. The topological polar surface area (TPSA) is 60.9 Å². The Morgan fingerprint density at radius 1 is 1.00 bits per heavy atom. The van der Waals surface area contributed by atoms with Gasteiger partial charge >= 0.3 is 6.09 Å². The Morgan fingerprint density at radius 3 is 2.49 bits per heavy atom. The van der Waals surface area contributed by atoms with Crippen molar-refractivity contribution in [1.29, 1.82) is 0 Å². The Balaban J connectivity index is 1.20. The Morgan fingerprint density at radius 2 is 1.76 bits per heavy atom. The van der Waals surface area contributed by atoms with Gasteiger partial charge < -0.3 is 9.47 Å². The van der Waals surface area contributed by atoms with Crippen molar-refractivity contribution in [3.8, 4) is 11.5 Å². The molecule has 4 fully saturated rings. The molecular formula is C51H64F3N5O3Si. The van der Waals surface area contributed by atoms with E-state index in [-0.39, 0.29) is 31.3 Å². The number of aliphatic imine (C=N–C) groups is 1. The highest BCUT2D eigenvalue weighted by Crippen LogP contribution is 2.51. The number of ether oxygens (including phenoxy) is 2. The number of amides is 1. The van der Waals surface area contributed by atoms with E-state index in [1.165, 1.54) is 12.1 Å². The molecule has 4 bridgehead atoms. The fourth-order valence-corrected chi connectivity index (χ4v) is 17.7. The van der Waals surface area contributed by atoms with E-state index in [2.05, 4.69) is 57.9 Å². The van der Waals surface area contributed by atoms with Gasteiger partial charge in [0.1, 0.15) is 50.6 Å². The van der Waals surface area contributed by atoms with E-state index in [4.69, 9.17) is 14.5 Å². The van der Waals surface area contributed by atoms with Crippen molar-refractivity contribution in [3.05, 3.63) is 88.1 Å². The van der Waals surface area contributed by atoms with Crippen LogP contribution in [0.5, 0.6) is 0 Å². The average Bonchev–Trinajstić information content (AvgIpc) is 3.69. The van der Waals surface area contributed by atoms with Crippen LogP contribution in [0.15, 0.2) is 76.2 Å². The fourth-order valence-electron chi connectivity index (χ4n) is 12.5. The smallest absolute Gasteiger partial charge is 0.429 e. The van der Waals surface area contributed by atoms with Crippen molar-refractivity contribution in [2.75, 3.05) is 26.4 Å². The van der Waals surface area contributed by atoms with Crippen molar-refractivity contribution in [2.24, 2.45) is 10.9 Å². The van der Waals surface area contributed by atoms with E-state index in [1.807, 2.05) is 55.0 Å². The molecule has 0 N–H and O–H groups in total. The standard InChI is InChI=1S/C51H64F3N5O3Si/c1-31(2)63(32(3)4,33(5)6)24-21-38-41(53)18-17-34-13-10-15-37(46(34)38)40-25-36-14-11-16-39-43-19-20-44-47(39)48(55-30-57(44)59(43)49(60)62-50(7,8)9)58(36)45(26-42(40)54)61-29-51-22-12-23-56(51)28-35(52)27-51/h10,13,15,17-18,25-26,31-33,35,39,43H,11-12,14,16,19-20,22-23,27-30H2,1-9H3/t35-,39+,43+,51+/m1/s1. The molecule has 0 spiro atoms. The summed E-state index contributed by atoms with van der Waals surface area (Å²) in [5.74, 6) is 3.48. The van der Waals surface area contributed by atoms with Gasteiger partial charge in [-0.05, 0) is 112 Å². The molecular weight excluding hydrogens is 816 g/mol. The van der Waals surface area contributed by atoms with Crippen LogP contribution in [0.1, 0.15) is 125 Å². The van der Waals surface area contributed by atoms with Crippen molar-refractivity contribution < 1.29 is 27.4 Å². The van der Waals surface area contributed by atoms with E-state index in [0.29, 0.717) is 69.8 Å². The molecule has 336 valence electrons. The number of hydrogen-bond donors (Lipinski definition) is 0. The van der Waals surface area contributed by atoms with Crippen LogP contribution in [-0.4, -0.2) is 89.5 Å². The minimum atomic E-state index is -2.26. The lowest BCUT2D eigenvalue weighted by Gasteiger charge is -2.56. The molecule has 10 rings (SSSR count). The zero-order valence-corrected chi connectivity index (χ0v) is 39.6. The molecule has 2 aromatic carbocycles. The number of hydrogen-bond acceptors (Lipinski definition) is 7. The summed E-state index contributed by atoms with van der Waals surface area (Å²) in [7, 11) is -2.26. The van der Waals surface area contributed by atoms with E-state index in [1.54, 1.807) is 11.1 Å². The SMILES string of the molecule is CC(C)[Si](C#Cc1c(F)ccc2cccc(C3=C(F)C=C(OC[C@@]45CCCN4C[C@H](F)C5)N4C(=C3)CCC[C@@H]3C5=C6CC[C@@H]3N(C(=O)OC(C)(C)C)N6CN=C54)c12)(C(C)C)C(C)C. The maximum absolute atomic E-state index is 17.7. The van der Waals surface area contributed by atoms with Gasteiger partial charge in [-0.1, -0.05) is 71.7 Å². The first-order chi connectivity index (χ1) is 29.9. The lowest BCUT2D eigenvalue weighted by molar-refractivity contribution is -0.0954. The number of carbonyl (C=O) groups excluding carboxylic acids is 1. The minimum absolute atomic E-state index is 0.00805. The number of fused-ring (bicyclic) bond motifs is 5. The van der Waals surface area contributed by atoms with Crippen LogP contribution in [0.4, 0.5) is 18.0 Å². The van der Waals surface area contributed by atoms with Gasteiger partial charge in [0.15, 0.2) is 0 Å². The van der Waals surface area contributed by atoms with Gasteiger partial charge in [-0.25, -0.2) is 28.0 Å². The molecule has 7 aliphatic heterocycles. The number of alkyl halides is 1. The van der Waals surface area contributed by atoms with Gasteiger partial charge in [-0.15, -0.1) is 5.54 Å². The van der Waals surface area contributed by atoms with Crippen LogP contribution in [0, 0.1) is 23.2 Å². The number of carbonyl (C=O) groups is 1. The number of allylic oxidation sites excluding steroid dienone is 6. The molecule has 0 aromatic heterocycles. The molecule has 8 aliphatic rings. The molecule has 7 heterocycles. The highest BCUT2D eigenvalue weighted by atomic mass is 28.3. The van der Waals surface area contributed by atoms with Crippen LogP contribution in [0.3, 0.4) is 0 Å². The van der Waals surface area contributed by atoms with E-state index < -0.39 is 37.0 Å². The molecule has 1 aliphatic carbocycles. The maximum atomic E-state index is 17.7. The lowest BCUT2D eigenvalue weighted by atomic mass is 9.74. The van der Waals surface area contributed by atoms with E-state index in [9.17, 15) is 4.79 Å². The third-order valence-corrected chi connectivity index (χ3v) is 21.5. The van der Waals surface area contributed by atoms with Crippen LogP contribution >= 0.6 is 0 Å². The average molecular weight is 880 g/mol. The molecule has 12 heteroatoms. The minimum Gasteiger partial charge on any atom is -0.477 e. The fraction of sp³-hybridized carbons (Fsp3) is 0.569. The quantitative estimate of drug-likeness (QED) is 0.204. The van der Waals surface area contributed by atoms with Crippen molar-refractivity contribution in [2.45, 2.75) is 154 Å². The summed E-state index contributed by atoms with van der Waals surface area (Å²) < 4.78 is 62.0. The Hall–Kier alpha value is -4.47. The highest BCUT2D eigenvalue weighted by molar-refractivity contribution is 6.90. The van der Waals surface area contributed by atoms with Crippen molar-refractivity contribution >= 4 is 36.3 Å². The first-order valence-corrected chi connectivity index (χ1v) is 25.6. The van der Waals surface area contributed by atoms with Crippen LogP contribution in [-0.2, 0) is 9.47 Å². The summed E-state index contributed by atoms with van der Waals surface area (Å²) >= 11 is 0. The molecule has 1 amide bonds. The third kappa shape index (κ3) is 7.33. The summed E-state index contributed by atoms with van der Waals surface area (Å²) in [5.41, 5.74) is 7.75. The zero-order valence-electron chi connectivity index (χ0n) is 38.6. The van der Waals surface area contributed by atoms with Gasteiger partial charge in [0.05, 0.1) is 17.1 Å². The second-order valence-electron chi connectivity index (χ2n) is 20.9. The monoisotopic (exact) mass is 879 g/mol. The molecule has 63 heavy (non-hydrogen) atoms. The summed E-state index contributed by atoms with van der Waals surface area (Å²) in [4.78, 5) is 23.3. The molecule has 0 saturated carbocycles. The summed E-state index contributed by atoms with van der Waals surface area (Å²) in [5, 5.41) is 5.14. The number of halogens is 3. The Bertz CT molecular complexity index is 2420. The summed E-state index contributed by atoms with van der Waals surface area (Å²) in [6, 6.07) is 8.84. The number of nitrogens with zero attached hydrogens (tertiary/aromatic N) is 5. The molecule has 0 unspecified atom stereocenters. The molecule has 2 aromatic rings. The van der Waals surface area contributed by atoms with E-state index >= 15 is 13.2 Å². The second-order valence-corrected chi connectivity index (χ2v) is 26.4. The summed E-state index contributed by atoms with van der Waals surface area (Å²) in [6.45, 7) is 20.7. The normalized spacial score (nSPS) is 26.0. The van der Waals surface area contributed by atoms with Gasteiger partial charge in [0, 0.05) is 52.9 Å². The van der Waals surface area contributed by atoms with Crippen LogP contribution in [0.25, 0.3) is 16.3 Å². The number of rotatable bonds is 7. The van der Waals surface area contributed by atoms with Crippen molar-refractivity contribution in [1.82, 2.24) is 19.8 Å². The first kappa shape index (κ1) is 43.8. The Labute approximate surface area is 372 Å². The molecule has 0 radical (unpaired) electrons. The van der Waals surface area contributed by atoms with Gasteiger partial charge in [0.2, 0.25) is 5.88 Å².